The lowest BCUT2D eigenvalue weighted by molar-refractivity contribution is -0.385. The Balaban J connectivity index is 2.13. The van der Waals surface area contributed by atoms with E-state index in [1.165, 1.54) is 29.5 Å². The fourth-order valence-electron chi connectivity index (χ4n) is 1.56. The van der Waals surface area contributed by atoms with Crippen LogP contribution in [0.15, 0.2) is 24.4 Å². The van der Waals surface area contributed by atoms with Gasteiger partial charge in [-0.2, -0.15) is 0 Å². The van der Waals surface area contributed by atoms with Crippen molar-refractivity contribution in [2.75, 3.05) is 0 Å². The number of nitro benzene ring substituents is 1. The molecule has 0 fully saturated rings. The lowest BCUT2D eigenvalue weighted by atomic mass is 10.2. The van der Waals surface area contributed by atoms with Crippen LogP contribution in [0.25, 0.3) is 0 Å². The second-order valence-corrected chi connectivity index (χ2v) is 5.16. The van der Waals surface area contributed by atoms with Crippen molar-refractivity contribution in [2.45, 2.75) is 20.1 Å². The Morgan fingerprint density at radius 3 is 2.89 bits per heavy atom. The summed E-state index contributed by atoms with van der Waals surface area (Å²) < 4.78 is 5.55. The summed E-state index contributed by atoms with van der Waals surface area (Å²) in [5.41, 5.74) is 0.334. The average Bonchev–Trinajstić information content (AvgIpc) is 2.81. The summed E-state index contributed by atoms with van der Waals surface area (Å²) in [4.78, 5) is 15.2. The van der Waals surface area contributed by atoms with E-state index in [9.17, 15) is 15.2 Å². The number of ether oxygens (including phenoxy) is 1. The van der Waals surface area contributed by atoms with Crippen molar-refractivity contribution >= 4 is 17.0 Å². The van der Waals surface area contributed by atoms with Crippen LogP contribution in [0.1, 0.15) is 15.4 Å². The summed E-state index contributed by atoms with van der Waals surface area (Å²) >= 11 is 1.52. The molecule has 0 amide bonds. The van der Waals surface area contributed by atoms with Gasteiger partial charge < -0.3 is 9.84 Å². The standard InChI is InChI=1S/C12H12N2O4S/c1-8-13-5-11(19-8)7-18-12-3-2-10(14(16)17)4-9(12)6-15/h2-5,15H,6-7H2,1H3. The minimum atomic E-state index is -0.504. The highest BCUT2D eigenvalue weighted by Crippen LogP contribution is 2.25. The molecule has 0 bridgehead atoms. The van der Waals surface area contributed by atoms with Gasteiger partial charge in [0.15, 0.2) is 0 Å². The highest BCUT2D eigenvalue weighted by molar-refractivity contribution is 7.11. The Kier molecular flexibility index (Phi) is 4.08. The van der Waals surface area contributed by atoms with Crippen molar-refractivity contribution in [1.82, 2.24) is 4.98 Å². The van der Waals surface area contributed by atoms with Crippen molar-refractivity contribution in [1.29, 1.82) is 0 Å². The molecule has 1 N–H and O–H groups in total. The summed E-state index contributed by atoms with van der Waals surface area (Å²) in [5, 5.41) is 20.8. The zero-order valence-electron chi connectivity index (χ0n) is 10.2. The number of nitrogens with zero attached hydrogens (tertiary/aromatic N) is 2. The molecule has 0 aliphatic carbocycles. The normalized spacial score (nSPS) is 10.4. The smallest absolute Gasteiger partial charge is 0.270 e. The predicted molar refractivity (Wildman–Crippen MR) is 70.2 cm³/mol. The van der Waals surface area contributed by atoms with Crippen molar-refractivity contribution < 1.29 is 14.8 Å². The van der Waals surface area contributed by atoms with Crippen LogP contribution in [0.3, 0.4) is 0 Å². The minimum Gasteiger partial charge on any atom is -0.488 e. The second-order valence-electron chi connectivity index (χ2n) is 3.84. The van der Waals surface area contributed by atoms with Crippen molar-refractivity contribution in [3.8, 4) is 5.75 Å². The van der Waals surface area contributed by atoms with Gasteiger partial charge in [0.2, 0.25) is 0 Å². The number of hydrogen-bond acceptors (Lipinski definition) is 6. The first-order valence-corrected chi connectivity index (χ1v) is 6.34. The Morgan fingerprint density at radius 2 is 2.32 bits per heavy atom. The van der Waals surface area contributed by atoms with Gasteiger partial charge in [0.1, 0.15) is 12.4 Å². The first-order chi connectivity index (χ1) is 9.10. The zero-order valence-corrected chi connectivity index (χ0v) is 11.0. The van der Waals surface area contributed by atoms with Gasteiger partial charge in [-0.05, 0) is 13.0 Å². The largest absolute Gasteiger partial charge is 0.488 e. The number of aromatic nitrogens is 1. The molecule has 0 saturated heterocycles. The van der Waals surface area contributed by atoms with E-state index in [4.69, 9.17) is 4.74 Å². The molecule has 0 saturated carbocycles. The number of benzene rings is 1. The first-order valence-electron chi connectivity index (χ1n) is 5.52. The van der Waals surface area contributed by atoms with E-state index in [1.54, 1.807) is 6.20 Å². The maximum atomic E-state index is 10.6. The first kappa shape index (κ1) is 13.4. The molecule has 1 aromatic carbocycles. The third-order valence-corrected chi connectivity index (χ3v) is 3.35. The molecule has 2 aromatic rings. The number of aliphatic hydroxyl groups is 1. The van der Waals surface area contributed by atoms with E-state index >= 15 is 0 Å². The molecule has 0 radical (unpaired) electrons. The van der Waals surface area contributed by atoms with Crippen molar-refractivity contribution in [3.05, 3.63) is 50.0 Å². The molecule has 7 heteroatoms. The highest BCUT2D eigenvalue weighted by Gasteiger charge is 2.11. The number of nitro groups is 1. The van der Waals surface area contributed by atoms with E-state index in [0.29, 0.717) is 17.9 Å². The van der Waals surface area contributed by atoms with E-state index in [1.807, 2.05) is 6.92 Å². The summed E-state index contributed by atoms with van der Waals surface area (Å²) in [6, 6.07) is 4.16. The Hall–Kier alpha value is -1.99. The van der Waals surface area contributed by atoms with E-state index in [2.05, 4.69) is 4.98 Å². The number of thiazole rings is 1. The molecule has 0 atom stereocenters. The molecule has 19 heavy (non-hydrogen) atoms. The molecule has 0 aliphatic heterocycles. The second kappa shape index (κ2) is 5.77. The van der Waals surface area contributed by atoms with E-state index < -0.39 is 4.92 Å². The number of rotatable bonds is 5. The zero-order chi connectivity index (χ0) is 13.8. The number of non-ortho nitro benzene ring substituents is 1. The van der Waals surface area contributed by atoms with Gasteiger partial charge in [-0.1, -0.05) is 0 Å². The van der Waals surface area contributed by atoms with Crippen molar-refractivity contribution in [2.24, 2.45) is 0 Å². The molecule has 100 valence electrons. The van der Waals surface area contributed by atoms with Crippen LogP contribution in [0, 0.1) is 17.0 Å². The van der Waals surface area contributed by atoms with Gasteiger partial charge in [0, 0.05) is 23.9 Å². The van der Waals surface area contributed by atoms with E-state index in [0.717, 1.165) is 9.88 Å². The fraction of sp³-hybridized carbons (Fsp3) is 0.250. The molecule has 2 rings (SSSR count). The highest BCUT2D eigenvalue weighted by atomic mass is 32.1. The van der Waals surface area contributed by atoms with Gasteiger partial charge in [-0.15, -0.1) is 11.3 Å². The number of aryl methyl sites for hydroxylation is 1. The molecular weight excluding hydrogens is 268 g/mol. The third-order valence-electron chi connectivity index (χ3n) is 2.46. The topological polar surface area (TPSA) is 85.5 Å². The van der Waals surface area contributed by atoms with Crippen LogP contribution < -0.4 is 4.74 Å². The maximum Gasteiger partial charge on any atom is 0.270 e. The Labute approximate surface area is 113 Å². The summed E-state index contributed by atoms with van der Waals surface area (Å²) in [5.74, 6) is 0.444. The number of hydrogen-bond donors (Lipinski definition) is 1. The van der Waals surface area contributed by atoms with Crippen LogP contribution in [0.2, 0.25) is 0 Å². The molecule has 0 unspecified atom stereocenters. The van der Waals surface area contributed by atoms with Gasteiger partial charge >= 0.3 is 0 Å². The van der Waals surface area contributed by atoms with E-state index in [-0.39, 0.29) is 12.3 Å². The molecule has 1 heterocycles. The van der Waals surface area contributed by atoms with Crippen LogP contribution in [-0.4, -0.2) is 15.0 Å². The predicted octanol–water partition coefficient (Wildman–Crippen LogP) is 2.43. The van der Waals surface area contributed by atoms with Gasteiger partial charge in [0.25, 0.3) is 5.69 Å². The molecule has 0 aliphatic rings. The molecular formula is C12H12N2O4S. The molecule has 0 spiro atoms. The molecule has 1 aromatic heterocycles. The SMILES string of the molecule is Cc1ncc(COc2ccc([N+](=O)[O-])cc2CO)s1. The monoisotopic (exact) mass is 280 g/mol. The lowest BCUT2D eigenvalue weighted by Crippen LogP contribution is -1.98. The Morgan fingerprint density at radius 1 is 1.53 bits per heavy atom. The van der Waals surface area contributed by atoms with Crippen LogP contribution in [-0.2, 0) is 13.2 Å². The quantitative estimate of drug-likeness (QED) is 0.671. The van der Waals surface area contributed by atoms with Crippen LogP contribution in [0.5, 0.6) is 5.75 Å². The summed E-state index contributed by atoms with van der Waals surface area (Å²) in [6.07, 6.45) is 1.73. The molecule has 6 nitrogen and oxygen atoms in total. The van der Waals surface area contributed by atoms with Gasteiger partial charge in [-0.25, -0.2) is 4.98 Å². The fourth-order valence-corrected chi connectivity index (χ4v) is 2.27. The maximum absolute atomic E-state index is 10.6. The van der Waals surface area contributed by atoms with Gasteiger partial charge in [0.05, 0.1) is 21.4 Å². The summed E-state index contributed by atoms with van der Waals surface area (Å²) in [6.45, 7) is 1.92. The van der Waals surface area contributed by atoms with Crippen LogP contribution >= 0.6 is 11.3 Å². The van der Waals surface area contributed by atoms with Crippen molar-refractivity contribution in [3.63, 3.8) is 0 Å². The average molecular weight is 280 g/mol. The lowest BCUT2D eigenvalue weighted by Gasteiger charge is -2.08. The number of aliphatic hydroxyl groups excluding tert-OH is 1. The van der Waals surface area contributed by atoms with Gasteiger partial charge in [-0.3, -0.25) is 10.1 Å². The Bertz CT molecular complexity index is 597. The third kappa shape index (κ3) is 3.27. The summed E-state index contributed by atoms with van der Waals surface area (Å²) in [7, 11) is 0. The van der Waals surface area contributed by atoms with Crippen LogP contribution in [0.4, 0.5) is 5.69 Å². The minimum absolute atomic E-state index is 0.0648.